The summed E-state index contributed by atoms with van der Waals surface area (Å²) in [6.07, 6.45) is 1.51. The fourth-order valence-electron chi connectivity index (χ4n) is 2.37. The summed E-state index contributed by atoms with van der Waals surface area (Å²) in [6, 6.07) is 0. The van der Waals surface area contributed by atoms with Gasteiger partial charge in [0.05, 0.1) is 5.92 Å². The van der Waals surface area contributed by atoms with Crippen LogP contribution in [-0.4, -0.2) is 25.3 Å². The third-order valence-corrected chi connectivity index (χ3v) is 2.87. The topological polar surface area (TPSA) is 43.4 Å². The molecular formula is C11H18O3. The van der Waals surface area contributed by atoms with Gasteiger partial charge in [-0.05, 0) is 18.3 Å². The number of ether oxygens (including phenoxy) is 1. The summed E-state index contributed by atoms with van der Waals surface area (Å²) in [5, 5.41) is 0. The first-order valence-electron chi connectivity index (χ1n) is 5.10. The van der Waals surface area contributed by atoms with Gasteiger partial charge in [0.15, 0.2) is 5.78 Å². The van der Waals surface area contributed by atoms with Gasteiger partial charge in [0.2, 0.25) is 0 Å². The summed E-state index contributed by atoms with van der Waals surface area (Å²) >= 11 is 0. The smallest absolute Gasteiger partial charge is 0.169 e. The first-order chi connectivity index (χ1) is 6.56. The first kappa shape index (κ1) is 11.4. The molecule has 0 N–H and O–H groups in total. The molecule has 0 heterocycles. The van der Waals surface area contributed by atoms with Crippen molar-refractivity contribution in [3.63, 3.8) is 0 Å². The Hall–Kier alpha value is -0.700. The van der Waals surface area contributed by atoms with Gasteiger partial charge in [-0.1, -0.05) is 13.8 Å². The fourth-order valence-corrected chi connectivity index (χ4v) is 2.37. The Kier molecular flexibility index (Phi) is 3.81. The Bertz CT molecular complexity index is 227. The highest BCUT2D eigenvalue weighted by molar-refractivity contribution is 6.03. The third-order valence-electron chi connectivity index (χ3n) is 2.87. The minimum absolute atomic E-state index is 0.0584. The average Bonchev–Trinajstić information content (AvgIpc) is 2.01. The molecule has 0 aliphatic heterocycles. The molecule has 1 aliphatic rings. The van der Waals surface area contributed by atoms with Gasteiger partial charge in [-0.25, -0.2) is 0 Å². The number of rotatable bonds is 3. The summed E-state index contributed by atoms with van der Waals surface area (Å²) < 4.78 is 4.78. The lowest BCUT2D eigenvalue weighted by molar-refractivity contribution is -0.139. The summed E-state index contributed by atoms with van der Waals surface area (Å²) in [6.45, 7) is 4.10. The second-order valence-corrected chi connectivity index (χ2v) is 4.37. The molecule has 0 bridgehead atoms. The molecule has 0 aromatic carbocycles. The van der Waals surface area contributed by atoms with Crippen LogP contribution in [0, 0.1) is 17.8 Å². The van der Waals surface area contributed by atoms with Crippen LogP contribution in [0.4, 0.5) is 0 Å². The molecule has 0 amide bonds. The number of Topliss-reactive ketones (excluding diaryl/α,β-unsaturated/α-hetero) is 2. The van der Waals surface area contributed by atoms with Crippen LogP contribution in [0.3, 0.4) is 0 Å². The van der Waals surface area contributed by atoms with Gasteiger partial charge in [-0.2, -0.15) is 0 Å². The molecule has 3 atom stereocenters. The van der Waals surface area contributed by atoms with E-state index < -0.39 is 5.92 Å². The number of carbonyl (C=O) groups is 2. The Morgan fingerprint density at radius 3 is 2.64 bits per heavy atom. The fraction of sp³-hybridized carbons (Fsp3) is 0.818. The zero-order chi connectivity index (χ0) is 10.7. The van der Waals surface area contributed by atoms with Crippen molar-refractivity contribution in [1.29, 1.82) is 0 Å². The van der Waals surface area contributed by atoms with Crippen LogP contribution in [0.25, 0.3) is 0 Å². The monoisotopic (exact) mass is 198 g/mol. The maximum absolute atomic E-state index is 11.7. The molecule has 0 saturated heterocycles. The molecule has 1 fully saturated rings. The van der Waals surface area contributed by atoms with Crippen molar-refractivity contribution in [1.82, 2.24) is 0 Å². The van der Waals surface area contributed by atoms with Gasteiger partial charge in [0.1, 0.15) is 12.4 Å². The van der Waals surface area contributed by atoms with E-state index in [4.69, 9.17) is 4.74 Å². The maximum Gasteiger partial charge on any atom is 0.169 e. The highest BCUT2D eigenvalue weighted by Gasteiger charge is 2.36. The third kappa shape index (κ3) is 2.41. The average molecular weight is 198 g/mol. The van der Waals surface area contributed by atoms with Crippen molar-refractivity contribution in [3.05, 3.63) is 0 Å². The second-order valence-electron chi connectivity index (χ2n) is 4.37. The predicted molar refractivity (Wildman–Crippen MR) is 52.9 cm³/mol. The van der Waals surface area contributed by atoms with Gasteiger partial charge in [0, 0.05) is 13.5 Å². The minimum Gasteiger partial charge on any atom is -0.377 e. The summed E-state index contributed by atoms with van der Waals surface area (Å²) in [5.41, 5.74) is 0. The van der Waals surface area contributed by atoms with Crippen LogP contribution >= 0.6 is 0 Å². The van der Waals surface area contributed by atoms with E-state index in [9.17, 15) is 9.59 Å². The number of ketones is 2. The number of methoxy groups -OCH3 is 1. The Morgan fingerprint density at radius 2 is 2.14 bits per heavy atom. The van der Waals surface area contributed by atoms with E-state index in [0.29, 0.717) is 12.3 Å². The summed E-state index contributed by atoms with van der Waals surface area (Å²) in [4.78, 5) is 23.2. The molecule has 0 radical (unpaired) electrons. The number of carbonyl (C=O) groups excluding carboxylic acids is 2. The highest BCUT2D eigenvalue weighted by atomic mass is 16.5. The molecule has 1 rings (SSSR count). The molecule has 0 aromatic heterocycles. The van der Waals surface area contributed by atoms with Crippen molar-refractivity contribution in [2.45, 2.75) is 26.7 Å². The lowest BCUT2D eigenvalue weighted by atomic mass is 9.73. The van der Waals surface area contributed by atoms with Gasteiger partial charge in [-0.3, -0.25) is 9.59 Å². The van der Waals surface area contributed by atoms with E-state index >= 15 is 0 Å². The van der Waals surface area contributed by atoms with Crippen molar-refractivity contribution in [2.24, 2.45) is 17.8 Å². The van der Waals surface area contributed by atoms with Crippen LogP contribution < -0.4 is 0 Å². The Balaban J connectivity index is 2.67. The number of hydrogen-bond donors (Lipinski definition) is 0. The number of hydrogen-bond acceptors (Lipinski definition) is 3. The van der Waals surface area contributed by atoms with Gasteiger partial charge in [-0.15, -0.1) is 0 Å². The van der Waals surface area contributed by atoms with Crippen molar-refractivity contribution in [3.8, 4) is 0 Å². The summed E-state index contributed by atoms with van der Waals surface area (Å²) in [7, 11) is 1.48. The lowest BCUT2D eigenvalue weighted by Crippen LogP contribution is -2.38. The Labute approximate surface area is 84.8 Å². The standard InChI is InChI=1S/C11H18O3/c1-7-4-8(2)11(9(12)5-7)10(13)6-14-3/h7-8,11H,4-6H2,1-3H3. The SMILES string of the molecule is COCC(=O)C1C(=O)CC(C)CC1C. The molecule has 0 aromatic rings. The molecule has 80 valence electrons. The zero-order valence-electron chi connectivity index (χ0n) is 9.08. The molecule has 3 heteroatoms. The first-order valence-corrected chi connectivity index (χ1v) is 5.10. The predicted octanol–water partition coefficient (Wildman–Crippen LogP) is 1.45. The van der Waals surface area contributed by atoms with Crippen LogP contribution in [0.15, 0.2) is 0 Å². The molecule has 3 nitrogen and oxygen atoms in total. The Morgan fingerprint density at radius 1 is 1.50 bits per heavy atom. The second kappa shape index (κ2) is 4.69. The maximum atomic E-state index is 11.7. The van der Waals surface area contributed by atoms with Crippen molar-refractivity contribution >= 4 is 11.6 Å². The minimum atomic E-state index is -0.411. The van der Waals surface area contributed by atoms with Gasteiger partial charge in [0.25, 0.3) is 0 Å². The summed E-state index contributed by atoms with van der Waals surface area (Å²) in [5.74, 6) is 0.222. The van der Waals surface area contributed by atoms with E-state index in [1.165, 1.54) is 7.11 Å². The quantitative estimate of drug-likeness (QED) is 0.645. The molecule has 1 aliphatic carbocycles. The van der Waals surface area contributed by atoms with Gasteiger partial charge >= 0.3 is 0 Å². The molecule has 0 spiro atoms. The van der Waals surface area contributed by atoms with E-state index in [0.717, 1.165) is 6.42 Å². The largest absolute Gasteiger partial charge is 0.377 e. The normalized spacial score (nSPS) is 33.1. The van der Waals surface area contributed by atoms with Gasteiger partial charge < -0.3 is 4.74 Å². The molecule has 3 unspecified atom stereocenters. The van der Waals surface area contributed by atoms with E-state index in [-0.39, 0.29) is 24.1 Å². The molecule has 1 saturated carbocycles. The van der Waals surface area contributed by atoms with E-state index in [1.807, 2.05) is 6.92 Å². The van der Waals surface area contributed by atoms with Crippen LogP contribution in [0.1, 0.15) is 26.7 Å². The zero-order valence-corrected chi connectivity index (χ0v) is 9.08. The van der Waals surface area contributed by atoms with Crippen LogP contribution in [0.5, 0.6) is 0 Å². The molecular weight excluding hydrogens is 180 g/mol. The lowest BCUT2D eigenvalue weighted by Gasteiger charge is -2.30. The van der Waals surface area contributed by atoms with Crippen LogP contribution in [-0.2, 0) is 14.3 Å². The highest BCUT2D eigenvalue weighted by Crippen LogP contribution is 2.31. The molecule has 14 heavy (non-hydrogen) atoms. The van der Waals surface area contributed by atoms with E-state index in [2.05, 4.69) is 6.92 Å². The van der Waals surface area contributed by atoms with Crippen molar-refractivity contribution in [2.75, 3.05) is 13.7 Å². The van der Waals surface area contributed by atoms with Crippen molar-refractivity contribution < 1.29 is 14.3 Å². The van der Waals surface area contributed by atoms with Crippen LogP contribution in [0.2, 0.25) is 0 Å². The van der Waals surface area contributed by atoms with E-state index in [1.54, 1.807) is 0 Å².